The number of benzene rings is 1. The van der Waals surface area contributed by atoms with Crippen molar-refractivity contribution in [1.82, 2.24) is 0 Å². The van der Waals surface area contributed by atoms with E-state index in [0.29, 0.717) is 12.5 Å². The molecule has 1 nitrogen and oxygen atoms in total. The molecule has 0 aliphatic carbocycles. The first-order chi connectivity index (χ1) is 6.13. The van der Waals surface area contributed by atoms with Crippen LogP contribution < -0.4 is 5.73 Å². The van der Waals surface area contributed by atoms with Crippen molar-refractivity contribution in [2.75, 3.05) is 6.54 Å². The van der Waals surface area contributed by atoms with Crippen LogP contribution in [0.15, 0.2) is 22.7 Å². The number of nitrogens with two attached hydrogens (primary N) is 1. The topological polar surface area (TPSA) is 26.0 Å². The van der Waals surface area contributed by atoms with Gasteiger partial charge in [-0.3, -0.25) is 0 Å². The first kappa shape index (κ1) is 10.7. The summed E-state index contributed by atoms with van der Waals surface area (Å²) in [6.45, 7) is 2.74. The first-order valence-corrected chi connectivity index (χ1v) is 5.06. The third-order valence-corrected chi connectivity index (χ3v) is 2.72. The average molecular weight is 246 g/mol. The number of halogens is 2. The molecule has 0 heterocycles. The van der Waals surface area contributed by atoms with Crippen molar-refractivity contribution in [3.05, 3.63) is 34.1 Å². The molecule has 0 saturated heterocycles. The minimum absolute atomic E-state index is 0.212. The van der Waals surface area contributed by atoms with Gasteiger partial charge in [0.2, 0.25) is 0 Å². The van der Waals surface area contributed by atoms with Gasteiger partial charge >= 0.3 is 0 Å². The molecular formula is C10H13BrFN. The maximum absolute atomic E-state index is 12.7. The molecule has 0 bridgehead atoms. The smallest absolute Gasteiger partial charge is 0.124 e. The van der Waals surface area contributed by atoms with Crippen molar-refractivity contribution in [1.29, 1.82) is 0 Å². The molecule has 0 aliphatic rings. The Morgan fingerprint density at radius 2 is 2.23 bits per heavy atom. The predicted octanol–water partition coefficient (Wildman–Crippen LogP) is 2.73. The van der Waals surface area contributed by atoms with Gasteiger partial charge in [-0.15, -0.1) is 0 Å². The van der Waals surface area contributed by atoms with Gasteiger partial charge in [-0.2, -0.15) is 0 Å². The Morgan fingerprint density at radius 3 is 2.77 bits per heavy atom. The summed E-state index contributed by atoms with van der Waals surface area (Å²) in [5.41, 5.74) is 6.62. The Balaban J connectivity index is 2.77. The molecule has 0 saturated carbocycles. The van der Waals surface area contributed by atoms with E-state index in [9.17, 15) is 4.39 Å². The second-order valence-electron chi connectivity index (χ2n) is 3.28. The fourth-order valence-electron chi connectivity index (χ4n) is 1.15. The second-order valence-corrected chi connectivity index (χ2v) is 4.14. The Labute approximate surface area is 86.3 Å². The van der Waals surface area contributed by atoms with E-state index >= 15 is 0 Å². The van der Waals surface area contributed by atoms with E-state index in [0.717, 1.165) is 16.5 Å². The van der Waals surface area contributed by atoms with E-state index in [1.807, 2.05) is 0 Å². The standard InChI is InChI=1S/C10H13BrFN/c1-7(6-13)4-8-2-3-9(12)5-10(8)11/h2-3,5,7H,4,6,13H2,1H3. The van der Waals surface area contributed by atoms with E-state index < -0.39 is 0 Å². The highest BCUT2D eigenvalue weighted by Crippen LogP contribution is 2.20. The molecule has 0 spiro atoms. The van der Waals surface area contributed by atoms with Crippen LogP contribution in [0, 0.1) is 11.7 Å². The molecule has 72 valence electrons. The van der Waals surface area contributed by atoms with E-state index in [2.05, 4.69) is 22.9 Å². The van der Waals surface area contributed by atoms with E-state index in [-0.39, 0.29) is 5.82 Å². The van der Waals surface area contributed by atoms with E-state index in [1.54, 1.807) is 6.07 Å². The summed E-state index contributed by atoms with van der Waals surface area (Å²) in [6, 6.07) is 4.76. The SMILES string of the molecule is CC(CN)Cc1ccc(F)cc1Br. The number of hydrogen-bond acceptors (Lipinski definition) is 1. The van der Waals surface area contributed by atoms with Crippen molar-refractivity contribution in [2.45, 2.75) is 13.3 Å². The molecule has 1 rings (SSSR count). The molecule has 0 aliphatic heterocycles. The summed E-state index contributed by atoms with van der Waals surface area (Å²) in [4.78, 5) is 0. The summed E-state index contributed by atoms with van der Waals surface area (Å²) < 4.78 is 13.5. The van der Waals surface area contributed by atoms with Crippen LogP contribution in [-0.4, -0.2) is 6.54 Å². The summed E-state index contributed by atoms with van der Waals surface area (Å²) in [7, 11) is 0. The summed E-state index contributed by atoms with van der Waals surface area (Å²) in [5, 5.41) is 0. The zero-order valence-corrected chi connectivity index (χ0v) is 9.14. The van der Waals surface area contributed by atoms with Gasteiger partial charge in [-0.25, -0.2) is 4.39 Å². The van der Waals surface area contributed by atoms with Crippen LogP contribution in [0.25, 0.3) is 0 Å². The highest BCUT2D eigenvalue weighted by Gasteiger charge is 2.05. The molecule has 3 heteroatoms. The van der Waals surface area contributed by atoms with Gasteiger partial charge in [0.05, 0.1) is 0 Å². The molecule has 0 amide bonds. The molecule has 1 atom stereocenters. The van der Waals surface area contributed by atoms with Crippen LogP contribution in [0.3, 0.4) is 0 Å². The van der Waals surface area contributed by atoms with Crippen molar-refractivity contribution in [2.24, 2.45) is 11.7 Å². The third kappa shape index (κ3) is 3.08. The Kier molecular flexibility index (Phi) is 3.88. The monoisotopic (exact) mass is 245 g/mol. The van der Waals surface area contributed by atoms with Gasteiger partial charge < -0.3 is 5.73 Å². The molecule has 2 N–H and O–H groups in total. The molecule has 0 radical (unpaired) electrons. The molecular weight excluding hydrogens is 233 g/mol. The number of rotatable bonds is 3. The molecule has 13 heavy (non-hydrogen) atoms. The van der Waals surface area contributed by atoms with Gasteiger partial charge in [0, 0.05) is 4.47 Å². The first-order valence-electron chi connectivity index (χ1n) is 4.27. The Morgan fingerprint density at radius 1 is 1.54 bits per heavy atom. The predicted molar refractivity (Wildman–Crippen MR) is 56.0 cm³/mol. The van der Waals surface area contributed by atoms with Crippen LogP contribution in [0.2, 0.25) is 0 Å². The van der Waals surface area contributed by atoms with Crippen molar-refractivity contribution in [3.63, 3.8) is 0 Å². The maximum atomic E-state index is 12.7. The highest BCUT2D eigenvalue weighted by molar-refractivity contribution is 9.10. The lowest BCUT2D eigenvalue weighted by molar-refractivity contribution is 0.587. The fraction of sp³-hybridized carbons (Fsp3) is 0.400. The van der Waals surface area contributed by atoms with Gasteiger partial charge in [0.25, 0.3) is 0 Å². The third-order valence-electron chi connectivity index (χ3n) is 1.99. The van der Waals surface area contributed by atoms with Gasteiger partial charge in [0.15, 0.2) is 0 Å². The zero-order valence-electron chi connectivity index (χ0n) is 7.56. The van der Waals surface area contributed by atoms with Crippen molar-refractivity contribution >= 4 is 15.9 Å². The van der Waals surface area contributed by atoms with Crippen LogP contribution in [0.5, 0.6) is 0 Å². The lowest BCUT2D eigenvalue weighted by Crippen LogP contribution is -2.13. The van der Waals surface area contributed by atoms with Crippen LogP contribution in [0.1, 0.15) is 12.5 Å². The number of hydrogen-bond donors (Lipinski definition) is 1. The van der Waals surface area contributed by atoms with Crippen LogP contribution in [-0.2, 0) is 6.42 Å². The molecule has 1 aromatic rings. The lowest BCUT2D eigenvalue weighted by Gasteiger charge is -2.09. The lowest BCUT2D eigenvalue weighted by atomic mass is 10.0. The van der Waals surface area contributed by atoms with Crippen LogP contribution >= 0.6 is 15.9 Å². The van der Waals surface area contributed by atoms with Gasteiger partial charge in [-0.05, 0) is 36.6 Å². The summed E-state index contributed by atoms with van der Waals surface area (Å²) in [6.07, 6.45) is 0.886. The summed E-state index contributed by atoms with van der Waals surface area (Å²) in [5.74, 6) is 0.220. The minimum atomic E-state index is -0.212. The highest BCUT2D eigenvalue weighted by atomic mass is 79.9. The molecule has 1 unspecified atom stereocenters. The summed E-state index contributed by atoms with van der Waals surface area (Å²) >= 11 is 3.32. The Bertz CT molecular complexity index is 288. The maximum Gasteiger partial charge on any atom is 0.124 e. The van der Waals surface area contributed by atoms with Crippen molar-refractivity contribution < 1.29 is 4.39 Å². The second kappa shape index (κ2) is 4.72. The molecule has 1 aromatic carbocycles. The molecule has 0 aromatic heterocycles. The minimum Gasteiger partial charge on any atom is -0.330 e. The van der Waals surface area contributed by atoms with Gasteiger partial charge in [-0.1, -0.05) is 28.9 Å². The quantitative estimate of drug-likeness (QED) is 0.871. The van der Waals surface area contributed by atoms with Crippen molar-refractivity contribution in [3.8, 4) is 0 Å². The average Bonchev–Trinajstić information content (AvgIpc) is 2.09. The van der Waals surface area contributed by atoms with E-state index in [1.165, 1.54) is 12.1 Å². The normalized spacial score (nSPS) is 12.9. The van der Waals surface area contributed by atoms with Crippen LogP contribution in [0.4, 0.5) is 4.39 Å². The molecule has 0 fully saturated rings. The zero-order chi connectivity index (χ0) is 9.84. The van der Waals surface area contributed by atoms with E-state index in [4.69, 9.17) is 5.73 Å². The largest absolute Gasteiger partial charge is 0.330 e. The Hall–Kier alpha value is -0.410. The fourth-order valence-corrected chi connectivity index (χ4v) is 1.66. The van der Waals surface area contributed by atoms with Gasteiger partial charge in [0.1, 0.15) is 5.82 Å².